The van der Waals surface area contributed by atoms with E-state index >= 15 is 0 Å². The first-order valence-corrected chi connectivity index (χ1v) is 8.91. The van der Waals surface area contributed by atoms with Crippen molar-refractivity contribution in [3.05, 3.63) is 38.5 Å². The minimum absolute atomic E-state index is 0.0854. The molecule has 1 atom stereocenters. The molecule has 10 heteroatoms. The number of nitrogens with two attached hydrogens (primary N) is 1. The summed E-state index contributed by atoms with van der Waals surface area (Å²) in [6.45, 7) is 3.90. The van der Waals surface area contributed by atoms with Gasteiger partial charge in [0.15, 0.2) is 5.82 Å². The number of nitrogens with zero attached hydrogens (tertiary/aromatic N) is 3. The van der Waals surface area contributed by atoms with Crippen molar-refractivity contribution >= 4 is 46.4 Å². The zero-order valence-electron chi connectivity index (χ0n) is 14.3. The number of fused-ring (bicyclic) bond motifs is 1. The molecule has 0 spiro atoms. The van der Waals surface area contributed by atoms with Gasteiger partial charge in [-0.05, 0) is 18.9 Å². The van der Waals surface area contributed by atoms with E-state index in [1.54, 1.807) is 0 Å². The highest BCUT2D eigenvalue weighted by molar-refractivity contribution is 6.35. The Morgan fingerprint density at radius 3 is 2.69 bits per heavy atom. The van der Waals surface area contributed by atoms with Crippen molar-refractivity contribution < 1.29 is 4.79 Å². The topological polar surface area (TPSA) is 115 Å². The monoisotopic (exact) mass is 396 g/mol. The van der Waals surface area contributed by atoms with Crippen LogP contribution in [-0.4, -0.2) is 20.4 Å². The Balaban J connectivity index is 2.18. The summed E-state index contributed by atoms with van der Waals surface area (Å²) < 4.78 is 1.43. The number of aromatic nitrogens is 3. The Bertz CT molecular complexity index is 945. The highest BCUT2D eigenvalue weighted by Crippen LogP contribution is 2.34. The number of carbonyl (C=O) groups excluding carboxylic acids is 1. The highest BCUT2D eigenvalue weighted by Gasteiger charge is 2.43. The number of nitrogen functional groups attached to an aromatic ring is 1. The molecule has 3 rings (SSSR count). The smallest absolute Gasteiger partial charge is 0.276 e. The number of anilines is 3. The van der Waals surface area contributed by atoms with Crippen molar-refractivity contribution in [3.63, 3.8) is 0 Å². The number of pyridine rings is 1. The molecule has 8 nitrogen and oxygen atoms in total. The minimum Gasteiger partial charge on any atom is -0.382 e. The molecule has 1 amide bonds. The van der Waals surface area contributed by atoms with Crippen LogP contribution in [0.4, 0.5) is 17.3 Å². The number of halogens is 2. The lowest BCUT2D eigenvalue weighted by Crippen LogP contribution is -2.47. The molecule has 0 aliphatic carbocycles. The number of carbonyl (C=O) groups is 1. The van der Waals surface area contributed by atoms with E-state index in [0.29, 0.717) is 12.8 Å². The van der Waals surface area contributed by atoms with E-state index in [0.717, 1.165) is 6.42 Å². The largest absolute Gasteiger partial charge is 0.382 e. The third kappa shape index (κ3) is 2.79. The molecule has 0 bridgehead atoms. The van der Waals surface area contributed by atoms with Crippen LogP contribution in [0, 0.1) is 0 Å². The van der Waals surface area contributed by atoms with E-state index in [4.69, 9.17) is 28.9 Å². The molecule has 0 saturated carbocycles. The predicted octanol–water partition coefficient (Wildman–Crippen LogP) is 2.88. The van der Waals surface area contributed by atoms with Crippen LogP contribution in [0.1, 0.15) is 43.6 Å². The maximum Gasteiger partial charge on any atom is 0.276 e. The van der Waals surface area contributed by atoms with Crippen LogP contribution in [0.15, 0.2) is 17.2 Å². The summed E-state index contributed by atoms with van der Waals surface area (Å²) >= 11 is 12.4. The number of hydrogen-bond donors (Lipinski definition) is 3. The molecule has 1 aliphatic rings. The second kappa shape index (κ2) is 6.77. The van der Waals surface area contributed by atoms with Gasteiger partial charge in [-0.3, -0.25) is 14.2 Å². The molecule has 0 aromatic carbocycles. The number of rotatable bonds is 5. The van der Waals surface area contributed by atoms with E-state index in [2.05, 4.69) is 20.6 Å². The maximum atomic E-state index is 13.1. The van der Waals surface area contributed by atoms with Gasteiger partial charge < -0.3 is 16.4 Å². The first-order valence-electron chi connectivity index (χ1n) is 8.16. The number of amides is 1. The van der Waals surface area contributed by atoms with E-state index in [1.165, 1.54) is 17.0 Å². The summed E-state index contributed by atoms with van der Waals surface area (Å²) in [6, 6.07) is 1.39. The van der Waals surface area contributed by atoms with Crippen LogP contribution in [0.2, 0.25) is 10.0 Å². The Morgan fingerprint density at radius 1 is 1.31 bits per heavy atom. The van der Waals surface area contributed by atoms with Crippen LogP contribution in [-0.2, 0) is 5.66 Å². The predicted molar refractivity (Wildman–Crippen MR) is 101 cm³/mol. The average molecular weight is 397 g/mol. The summed E-state index contributed by atoms with van der Waals surface area (Å²) in [5.41, 5.74) is 4.76. The molecule has 1 unspecified atom stereocenters. The number of hydrogen-bond acceptors (Lipinski definition) is 6. The van der Waals surface area contributed by atoms with Gasteiger partial charge in [0.05, 0.1) is 5.02 Å². The van der Waals surface area contributed by atoms with Crippen LogP contribution >= 0.6 is 23.2 Å². The quantitative estimate of drug-likeness (QED) is 0.715. The molecule has 0 fully saturated rings. The van der Waals surface area contributed by atoms with Gasteiger partial charge in [0, 0.05) is 0 Å². The lowest BCUT2D eigenvalue weighted by Gasteiger charge is -2.30. The van der Waals surface area contributed by atoms with Gasteiger partial charge >= 0.3 is 0 Å². The molecular formula is C16H18Cl2N6O2. The Kier molecular flexibility index (Phi) is 4.81. The summed E-state index contributed by atoms with van der Waals surface area (Å²) in [5.74, 6) is -0.0942. The second-order valence-electron chi connectivity index (χ2n) is 6.03. The molecular weight excluding hydrogens is 379 g/mol. The van der Waals surface area contributed by atoms with Crippen molar-refractivity contribution in [2.75, 3.05) is 11.1 Å². The standard InChI is InChI=1S/C16H18Cl2N6O2/c1-3-5-16(4-2)23-14(25)11-8(17)6-9(15(26)24(11)16)22-13-10(18)12(19)20-7-21-13/h6-7H,3-5H2,1-2H3,(H,23,25)(H3,19,20,21,22). The zero-order chi connectivity index (χ0) is 19.1. The van der Waals surface area contributed by atoms with Gasteiger partial charge in [-0.2, -0.15) is 0 Å². The average Bonchev–Trinajstić information content (AvgIpc) is 2.90. The van der Waals surface area contributed by atoms with Crippen LogP contribution < -0.4 is 21.9 Å². The Hall–Kier alpha value is -2.32. The van der Waals surface area contributed by atoms with Crippen molar-refractivity contribution in [1.82, 2.24) is 19.9 Å². The van der Waals surface area contributed by atoms with Gasteiger partial charge in [0.2, 0.25) is 0 Å². The first-order chi connectivity index (χ1) is 12.3. The van der Waals surface area contributed by atoms with Crippen LogP contribution in [0.3, 0.4) is 0 Å². The van der Waals surface area contributed by atoms with Crippen molar-refractivity contribution in [1.29, 1.82) is 0 Å². The van der Waals surface area contributed by atoms with Crippen LogP contribution in [0.5, 0.6) is 0 Å². The molecule has 26 heavy (non-hydrogen) atoms. The first kappa shape index (κ1) is 18.5. The molecule has 138 valence electrons. The fourth-order valence-corrected chi connectivity index (χ4v) is 3.65. The third-order valence-corrected chi connectivity index (χ3v) is 5.12. The molecule has 0 radical (unpaired) electrons. The normalized spacial score (nSPS) is 18.5. The van der Waals surface area contributed by atoms with Gasteiger partial charge in [-0.15, -0.1) is 0 Å². The van der Waals surface area contributed by atoms with Crippen molar-refractivity contribution in [2.45, 2.75) is 38.8 Å². The molecule has 2 aromatic heterocycles. The lowest BCUT2D eigenvalue weighted by molar-refractivity contribution is 0.0905. The lowest BCUT2D eigenvalue weighted by atomic mass is 10.0. The summed E-state index contributed by atoms with van der Waals surface area (Å²) in [5, 5.41) is 6.02. The van der Waals surface area contributed by atoms with Crippen molar-refractivity contribution in [3.8, 4) is 0 Å². The fourth-order valence-electron chi connectivity index (χ4n) is 3.23. The molecule has 2 aromatic rings. The van der Waals surface area contributed by atoms with Gasteiger partial charge in [-0.25, -0.2) is 9.97 Å². The van der Waals surface area contributed by atoms with E-state index in [1.807, 2.05) is 13.8 Å². The highest BCUT2D eigenvalue weighted by atomic mass is 35.5. The molecule has 4 N–H and O–H groups in total. The fraction of sp³-hybridized carbons (Fsp3) is 0.375. The van der Waals surface area contributed by atoms with E-state index < -0.39 is 11.2 Å². The Morgan fingerprint density at radius 2 is 2.04 bits per heavy atom. The van der Waals surface area contributed by atoms with E-state index in [-0.39, 0.29) is 39.0 Å². The second-order valence-corrected chi connectivity index (χ2v) is 6.82. The van der Waals surface area contributed by atoms with Gasteiger partial charge in [0.25, 0.3) is 11.5 Å². The maximum absolute atomic E-state index is 13.1. The minimum atomic E-state index is -0.811. The van der Waals surface area contributed by atoms with Gasteiger partial charge in [0.1, 0.15) is 34.2 Å². The molecule has 3 heterocycles. The zero-order valence-corrected chi connectivity index (χ0v) is 15.8. The summed E-state index contributed by atoms with van der Waals surface area (Å²) in [7, 11) is 0. The number of nitrogens with one attached hydrogen (secondary N) is 2. The van der Waals surface area contributed by atoms with Crippen molar-refractivity contribution in [2.24, 2.45) is 0 Å². The SMILES string of the molecule is CCCC1(CC)NC(=O)c2c(Cl)cc(Nc3ncnc(N)c3Cl)c(=O)n21. The third-order valence-electron chi connectivity index (χ3n) is 4.46. The van der Waals surface area contributed by atoms with Crippen LogP contribution in [0.25, 0.3) is 0 Å². The van der Waals surface area contributed by atoms with Gasteiger partial charge in [-0.1, -0.05) is 43.5 Å². The molecule has 1 aliphatic heterocycles. The molecule has 0 saturated heterocycles. The summed E-state index contributed by atoms with van der Waals surface area (Å²) in [4.78, 5) is 33.3. The van der Waals surface area contributed by atoms with E-state index in [9.17, 15) is 9.59 Å². The Labute approximate surface area is 159 Å². The summed E-state index contributed by atoms with van der Waals surface area (Å²) in [6.07, 6.45) is 3.15.